The second-order valence-electron chi connectivity index (χ2n) is 6.08. The van der Waals surface area contributed by atoms with Crippen LogP contribution in [0.2, 0.25) is 0 Å². The Hall–Kier alpha value is -2.75. The minimum atomic E-state index is -0.208. The number of para-hydroxylation sites is 1. The van der Waals surface area contributed by atoms with Crippen LogP contribution in [0.1, 0.15) is 4.88 Å². The van der Waals surface area contributed by atoms with E-state index in [1.807, 2.05) is 76.7 Å². The largest absolute Gasteiger partial charge is 0.272 e. The van der Waals surface area contributed by atoms with Gasteiger partial charge in [-0.3, -0.25) is 9.36 Å². The number of thioether (sulfide) groups is 1. The molecule has 0 aliphatic heterocycles. The second kappa shape index (κ2) is 9.84. The van der Waals surface area contributed by atoms with Crippen molar-refractivity contribution in [2.24, 2.45) is 5.10 Å². The van der Waals surface area contributed by atoms with Gasteiger partial charge in [-0.2, -0.15) is 5.10 Å². The lowest BCUT2D eigenvalue weighted by atomic mass is 10.2. The first-order chi connectivity index (χ1) is 14.7. The molecule has 0 aliphatic rings. The van der Waals surface area contributed by atoms with Crippen molar-refractivity contribution in [1.82, 2.24) is 20.2 Å². The highest BCUT2D eigenvalue weighted by Gasteiger charge is 2.17. The van der Waals surface area contributed by atoms with Crippen molar-refractivity contribution >= 4 is 51.2 Å². The van der Waals surface area contributed by atoms with E-state index in [-0.39, 0.29) is 11.7 Å². The highest BCUT2D eigenvalue weighted by Crippen LogP contribution is 2.28. The first-order valence-corrected chi connectivity index (χ1v) is 11.6. The van der Waals surface area contributed by atoms with Gasteiger partial charge in [-0.15, -0.1) is 21.5 Å². The number of amides is 1. The molecule has 0 saturated heterocycles. The van der Waals surface area contributed by atoms with Gasteiger partial charge in [0.25, 0.3) is 5.91 Å². The van der Waals surface area contributed by atoms with E-state index >= 15 is 0 Å². The summed E-state index contributed by atoms with van der Waals surface area (Å²) in [6.45, 7) is 0. The van der Waals surface area contributed by atoms with Gasteiger partial charge < -0.3 is 0 Å². The molecule has 2 aromatic heterocycles. The first kappa shape index (κ1) is 20.5. The molecule has 2 aromatic carbocycles. The fourth-order valence-electron chi connectivity index (χ4n) is 2.65. The van der Waals surface area contributed by atoms with Crippen LogP contribution in [0.5, 0.6) is 0 Å². The van der Waals surface area contributed by atoms with Gasteiger partial charge in [0.05, 0.1) is 12.0 Å². The van der Waals surface area contributed by atoms with E-state index < -0.39 is 0 Å². The molecule has 0 atom stereocenters. The Balaban J connectivity index is 1.53. The molecular formula is C21H16BrN5OS2. The summed E-state index contributed by atoms with van der Waals surface area (Å²) in [7, 11) is 0. The average molecular weight is 498 g/mol. The third-order valence-electron chi connectivity index (χ3n) is 4.01. The van der Waals surface area contributed by atoms with E-state index in [0.717, 1.165) is 20.6 Å². The first-order valence-electron chi connectivity index (χ1n) is 8.96. The Morgan fingerprint density at radius 3 is 2.63 bits per heavy atom. The maximum atomic E-state index is 12.2. The fraction of sp³-hybridized carbons (Fsp3) is 0.0476. The van der Waals surface area contributed by atoms with E-state index in [2.05, 4.69) is 36.7 Å². The average Bonchev–Trinajstić information content (AvgIpc) is 3.43. The van der Waals surface area contributed by atoms with Crippen LogP contribution in [0.15, 0.2) is 86.8 Å². The number of rotatable bonds is 7. The minimum absolute atomic E-state index is 0.174. The highest BCUT2D eigenvalue weighted by molar-refractivity contribution is 9.10. The molecule has 1 amide bonds. The maximum absolute atomic E-state index is 12.2. The Morgan fingerprint density at radius 2 is 1.90 bits per heavy atom. The van der Waals surface area contributed by atoms with Gasteiger partial charge in [0.1, 0.15) is 0 Å². The lowest BCUT2D eigenvalue weighted by molar-refractivity contribution is -0.118. The molecule has 6 nitrogen and oxygen atoms in total. The number of nitrogens with one attached hydrogen (secondary N) is 1. The molecule has 4 rings (SSSR count). The van der Waals surface area contributed by atoms with Gasteiger partial charge in [0, 0.05) is 20.6 Å². The van der Waals surface area contributed by atoms with Crippen LogP contribution in [-0.4, -0.2) is 32.6 Å². The van der Waals surface area contributed by atoms with Crippen LogP contribution in [0.25, 0.3) is 17.1 Å². The van der Waals surface area contributed by atoms with Crippen LogP contribution in [0.4, 0.5) is 0 Å². The number of carbonyl (C=O) groups is 1. The summed E-state index contributed by atoms with van der Waals surface area (Å²) in [6, 6.07) is 21.6. The Labute approximate surface area is 190 Å². The SMILES string of the molecule is O=C(CSc1nnc(-c2ccc(Br)cc2)n1-c1ccccc1)N/N=C\c1cccs1. The monoisotopic (exact) mass is 497 g/mol. The smallest absolute Gasteiger partial charge is 0.250 e. The standard InChI is InChI=1S/C21H16BrN5OS2/c22-16-10-8-15(9-11-16)20-25-26-21(27(20)17-5-2-1-3-6-17)30-14-19(28)24-23-13-18-7-4-12-29-18/h1-13H,14H2,(H,24,28)/b23-13-. The Kier molecular flexibility index (Phi) is 6.73. The molecule has 30 heavy (non-hydrogen) atoms. The highest BCUT2D eigenvalue weighted by atomic mass is 79.9. The van der Waals surface area contributed by atoms with Crippen LogP contribution in [-0.2, 0) is 4.79 Å². The fourth-order valence-corrected chi connectivity index (χ4v) is 4.25. The van der Waals surface area contributed by atoms with E-state index in [0.29, 0.717) is 11.0 Å². The van der Waals surface area contributed by atoms with Crippen molar-refractivity contribution in [2.45, 2.75) is 5.16 Å². The van der Waals surface area contributed by atoms with Gasteiger partial charge >= 0.3 is 0 Å². The van der Waals surface area contributed by atoms with E-state index in [4.69, 9.17) is 0 Å². The van der Waals surface area contributed by atoms with E-state index in [1.54, 1.807) is 17.6 Å². The van der Waals surface area contributed by atoms with Crippen molar-refractivity contribution < 1.29 is 4.79 Å². The molecular weight excluding hydrogens is 482 g/mol. The van der Waals surface area contributed by atoms with Crippen molar-refractivity contribution in [1.29, 1.82) is 0 Å². The zero-order valence-electron chi connectivity index (χ0n) is 15.6. The van der Waals surface area contributed by atoms with E-state index in [1.165, 1.54) is 11.8 Å². The van der Waals surface area contributed by atoms with Crippen LogP contribution >= 0.6 is 39.0 Å². The summed E-state index contributed by atoms with van der Waals surface area (Å²) >= 11 is 6.33. The predicted octanol–water partition coefficient (Wildman–Crippen LogP) is 5.00. The number of nitrogens with zero attached hydrogens (tertiary/aromatic N) is 4. The Bertz CT molecular complexity index is 1140. The van der Waals surface area contributed by atoms with Crippen molar-refractivity contribution in [3.05, 3.63) is 81.5 Å². The number of halogens is 1. The molecule has 0 fully saturated rings. The topological polar surface area (TPSA) is 72.2 Å². The predicted molar refractivity (Wildman–Crippen MR) is 125 cm³/mol. The zero-order valence-corrected chi connectivity index (χ0v) is 18.8. The molecule has 1 N–H and O–H groups in total. The number of hydrogen-bond donors (Lipinski definition) is 1. The van der Waals surface area contributed by atoms with Gasteiger partial charge in [-0.1, -0.05) is 64.1 Å². The third kappa shape index (κ3) is 5.05. The number of carbonyl (C=O) groups excluding carboxylic acids is 1. The van der Waals surface area contributed by atoms with Gasteiger partial charge in [-0.05, 0) is 35.7 Å². The van der Waals surface area contributed by atoms with Gasteiger partial charge in [-0.25, -0.2) is 5.43 Å². The number of aromatic nitrogens is 3. The summed E-state index contributed by atoms with van der Waals surface area (Å²) in [5, 5.41) is 15.3. The molecule has 150 valence electrons. The lowest BCUT2D eigenvalue weighted by Crippen LogP contribution is -2.19. The third-order valence-corrected chi connectivity index (χ3v) is 6.27. The molecule has 0 radical (unpaired) electrons. The Morgan fingerprint density at radius 1 is 1.10 bits per heavy atom. The minimum Gasteiger partial charge on any atom is -0.272 e. The van der Waals surface area contributed by atoms with Crippen LogP contribution < -0.4 is 5.43 Å². The maximum Gasteiger partial charge on any atom is 0.250 e. The molecule has 0 unspecified atom stereocenters. The number of thiophene rings is 1. The molecule has 2 heterocycles. The summed E-state index contributed by atoms with van der Waals surface area (Å²) in [6.07, 6.45) is 1.63. The summed E-state index contributed by atoms with van der Waals surface area (Å²) in [5.74, 6) is 0.681. The number of hydrogen-bond acceptors (Lipinski definition) is 6. The number of benzene rings is 2. The van der Waals surface area contributed by atoms with E-state index in [9.17, 15) is 4.79 Å². The van der Waals surface area contributed by atoms with Crippen molar-refractivity contribution in [3.8, 4) is 17.1 Å². The lowest BCUT2D eigenvalue weighted by Gasteiger charge is -2.10. The molecule has 0 spiro atoms. The van der Waals surface area contributed by atoms with Crippen molar-refractivity contribution in [2.75, 3.05) is 5.75 Å². The molecule has 0 bridgehead atoms. The summed E-state index contributed by atoms with van der Waals surface area (Å²) < 4.78 is 2.95. The summed E-state index contributed by atoms with van der Waals surface area (Å²) in [4.78, 5) is 13.2. The molecule has 0 aliphatic carbocycles. The van der Waals surface area contributed by atoms with Gasteiger partial charge in [0.2, 0.25) is 0 Å². The molecule has 9 heteroatoms. The number of hydrazone groups is 1. The quantitative estimate of drug-likeness (QED) is 0.221. The second-order valence-corrected chi connectivity index (χ2v) is 8.92. The molecule has 4 aromatic rings. The summed E-state index contributed by atoms with van der Waals surface area (Å²) in [5.41, 5.74) is 4.41. The zero-order chi connectivity index (χ0) is 20.8. The van der Waals surface area contributed by atoms with Gasteiger partial charge in [0.15, 0.2) is 11.0 Å². The van der Waals surface area contributed by atoms with Crippen molar-refractivity contribution in [3.63, 3.8) is 0 Å². The van der Waals surface area contributed by atoms with Crippen LogP contribution in [0, 0.1) is 0 Å². The normalized spacial score (nSPS) is 11.1. The molecule has 0 saturated carbocycles. The van der Waals surface area contributed by atoms with Crippen LogP contribution in [0.3, 0.4) is 0 Å².